The van der Waals surface area contributed by atoms with Crippen LogP contribution in [0.4, 0.5) is 24.5 Å². The molecular formula is C18H11F3N2O3S2. The van der Waals surface area contributed by atoms with Gasteiger partial charge in [-0.3, -0.25) is 19.8 Å². The first-order chi connectivity index (χ1) is 13.1. The number of nitrogens with zero attached hydrogens (tertiary/aromatic N) is 2. The Morgan fingerprint density at radius 2 is 1.93 bits per heavy atom. The van der Waals surface area contributed by atoms with Crippen LogP contribution in [0.2, 0.25) is 0 Å². The maximum absolute atomic E-state index is 13.0. The first-order valence-electron chi connectivity index (χ1n) is 7.78. The Bertz CT molecular complexity index is 1030. The number of hydrogen-bond acceptors (Lipinski definition) is 5. The summed E-state index contributed by atoms with van der Waals surface area (Å²) in [4.78, 5) is 24.3. The standard InChI is InChI=1S/C18H11F3N2O3S2/c1-10-5-6-14(23(25)26)7-11(10)8-15-16(24)22(17(27)28-15)13-4-2-3-12(9-13)18(19,20)21/h2-9H,1H3. The van der Waals surface area contributed by atoms with E-state index in [1.165, 1.54) is 30.3 Å². The van der Waals surface area contributed by atoms with Gasteiger partial charge in [-0.25, -0.2) is 0 Å². The van der Waals surface area contributed by atoms with Crippen molar-refractivity contribution in [1.29, 1.82) is 0 Å². The highest BCUT2D eigenvalue weighted by Gasteiger charge is 2.36. The number of hydrogen-bond donors (Lipinski definition) is 0. The van der Waals surface area contributed by atoms with E-state index in [-0.39, 0.29) is 20.6 Å². The van der Waals surface area contributed by atoms with E-state index in [0.29, 0.717) is 11.1 Å². The lowest BCUT2D eigenvalue weighted by Gasteiger charge is -2.16. The Balaban J connectivity index is 1.98. The van der Waals surface area contributed by atoms with Gasteiger partial charge in [0.1, 0.15) is 0 Å². The number of carbonyl (C=O) groups is 1. The molecule has 0 aliphatic carbocycles. The van der Waals surface area contributed by atoms with Crippen molar-refractivity contribution in [2.24, 2.45) is 0 Å². The normalized spacial score (nSPS) is 16.1. The van der Waals surface area contributed by atoms with Crippen molar-refractivity contribution >= 4 is 51.7 Å². The number of halogens is 3. The third-order valence-corrected chi connectivity index (χ3v) is 5.29. The number of non-ortho nitro benzene ring substituents is 1. The molecule has 144 valence electrons. The fourth-order valence-corrected chi connectivity index (χ4v) is 3.84. The summed E-state index contributed by atoms with van der Waals surface area (Å²) >= 11 is 6.09. The molecule has 1 aliphatic heterocycles. The summed E-state index contributed by atoms with van der Waals surface area (Å²) in [6.07, 6.45) is -3.10. The van der Waals surface area contributed by atoms with Crippen LogP contribution in [0, 0.1) is 17.0 Å². The van der Waals surface area contributed by atoms with Crippen molar-refractivity contribution in [2.75, 3.05) is 4.90 Å². The molecule has 1 amide bonds. The highest BCUT2D eigenvalue weighted by Crippen LogP contribution is 2.38. The van der Waals surface area contributed by atoms with Gasteiger partial charge in [-0.1, -0.05) is 36.1 Å². The number of carbonyl (C=O) groups excluding carboxylic acids is 1. The van der Waals surface area contributed by atoms with E-state index in [1.54, 1.807) is 13.0 Å². The Hall–Kier alpha value is -2.72. The van der Waals surface area contributed by atoms with Gasteiger partial charge in [0.25, 0.3) is 11.6 Å². The summed E-state index contributed by atoms with van der Waals surface area (Å²) in [5.74, 6) is -0.583. The van der Waals surface area contributed by atoms with E-state index < -0.39 is 22.6 Å². The summed E-state index contributed by atoms with van der Waals surface area (Å²) in [5.41, 5.74) is 0.146. The molecule has 0 atom stereocenters. The van der Waals surface area contributed by atoms with Crippen LogP contribution in [-0.2, 0) is 11.0 Å². The van der Waals surface area contributed by atoms with E-state index >= 15 is 0 Å². The summed E-state index contributed by atoms with van der Waals surface area (Å²) < 4.78 is 38.9. The lowest BCUT2D eigenvalue weighted by Crippen LogP contribution is -2.27. The van der Waals surface area contributed by atoms with Crippen molar-refractivity contribution in [3.63, 3.8) is 0 Å². The SMILES string of the molecule is Cc1ccc([N+](=O)[O-])cc1C=C1SC(=S)N(c2cccc(C(F)(F)F)c2)C1=O. The molecule has 2 aromatic rings. The Morgan fingerprint density at radius 3 is 2.57 bits per heavy atom. The fourth-order valence-electron chi connectivity index (χ4n) is 2.55. The van der Waals surface area contributed by atoms with Crippen LogP contribution in [-0.4, -0.2) is 15.2 Å². The molecule has 0 spiro atoms. The molecule has 0 N–H and O–H groups in total. The number of nitro benzene ring substituents is 1. The van der Waals surface area contributed by atoms with Gasteiger partial charge in [-0.15, -0.1) is 0 Å². The molecule has 1 heterocycles. The predicted octanol–water partition coefficient (Wildman–Crippen LogP) is 5.33. The van der Waals surface area contributed by atoms with E-state index in [1.807, 2.05) is 0 Å². The van der Waals surface area contributed by atoms with Crippen LogP contribution in [0.1, 0.15) is 16.7 Å². The van der Waals surface area contributed by atoms with Crippen molar-refractivity contribution in [2.45, 2.75) is 13.1 Å². The minimum absolute atomic E-state index is 0.0106. The number of benzene rings is 2. The number of rotatable bonds is 3. The molecule has 1 saturated heterocycles. The summed E-state index contributed by atoms with van der Waals surface area (Å²) in [6, 6.07) is 8.55. The average molecular weight is 424 g/mol. The van der Waals surface area contributed by atoms with Gasteiger partial charge in [0.15, 0.2) is 4.32 Å². The van der Waals surface area contributed by atoms with Crippen LogP contribution in [0.3, 0.4) is 0 Å². The lowest BCUT2D eigenvalue weighted by atomic mass is 10.1. The first-order valence-corrected chi connectivity index (χ1v) is 9.00. The van der Waals surface area contributed by atoms with Gasteiger partial charge in [0.2, 0.25) is 0 Å². The average Bonchev–Trinajstić information content (AvgIpc) is 2.89. The molecule has 0 saturated carbocycles. The molecule has 0 aromatic heterocycles. The Morgan fingerprint density at radius 1 is 1.21 bits per heavy atom. The highest BCUT2D eigenvalue weighted by atomic mass is 32.2. The monoisotopic (exact) mass is 424 g/mol. The van der Waals surface area contributed by atoms with Crippen molar-refractivity contribution < 1.29 is 22.9 Å². The van der Waals surface area contributed by atoms with Crippen LogP contribution in [0.15, 0.2) is 47.4 Å². The van der Waals surface area contributed by atoms with Crippen molar-refractivity contribution in [1.82, 2.24) is 0 Å². The second-order valence-corrected chi connectivity index (χ2v) is 7.54. The molecule has 2 aromatic carbocycles. The minimum atomic E-state index is -4.55. The maximum atomic E-state index is 13.0. The third kappa shape index (κ3) is 3.92. The van der Waals surface area contributed by atoms with E-state index in [2.05, 4.69) is 0 Å². The number of aryl methyl sites for hydroxylation is 1. The zero-order valence-electron chi connectivity index (χ0n) is 14.2. The Labute approximate surface area is 167 Å². The second-order valence-electron chi connectivity index (χ2n) is 5.86. The molecule has 5 nitrogen and oxygen atoms in total. The number of thiocarbonyl (C=S) groups is 1. The van der Waals surface area contributed by atoms with Crippen LogP contribution < -0.4 is 4.90 Å². The van der Waals surface area contributed by atoms with Gasteiger partial charge in [-0.05, 0) is 42.3 Å². The van der Waals surface area contributed by atoms with Crippen LogP contribution in [0.5, 0.6) is 0 Å². The molecule has 1 fully saturated rings. The first kappa shape index (κ1) is 20.0. The number of alkyl halides is 3. The van der Waals surface area contributed by atoms with Crippen LogP contribution in [0.25, 0.3) is 6.08 Å². The van der Waals surface area contributed by atoms with Gasteiger partial charge in [0.05, 0.1) is 21.1 Å². The molecule has 0 unspecified atom stereocenters. The molecule has 10 heteroatoms. The maximum Gasteiger partial charge on any atom is 0.416 e. The molecule has 1 aliphatic rings. The van der Waals surface area contributed by atoms with Crippen LogP contribution >= 0.6 is 24.0 Å². The third-order valence-electron chi connectivity index (χ3n) is 3.99. The predicted molar refractivity (Wildman–Crippen MR) is 105 cm³/mol. The van der Waals surface area contributed by atoms with Gasteiger partial charge >= 0.3 is 6.18 Å². The lowest BCUT2D eigenvalue weighted by molar-refractivity contribution is -0.384. The van der Waals surface area contributed by atoms with E-state index in [4.69, 9.17) is 12.2 Å². The zero-order valence-corrected chi connectivity index (χ0v) is 15.8. The molecule has 0 radical (unpaired) electrons. The topological polar surface area (TPSA) is 63.5 Å². The fraction of sp³-hybridized carbons (Fsp3) is 0.111. The van der Waals surface area contributed by atoms with Gasteiger partial charge in [-0.2, -0.15) is 13.2 Å². The Kier molecular flexibility index (Phi) is 5.26. The smallest absolute Gasteiger partial charge is 0.268 e. The van der Waals surface area contributed by atoms with Gasteiger partial charge in [0, 0.05) is 12.1 Å². The number of anilines is 1. The van der Waals surface area contributed by atoms with Crippen molar-refractivity contribution in [3.05, 3.63) is 74.2 Å². The quantitative estimate of drug-likeness (QED) is 0.289. The number of nitro groups is 1. The van der Waals surface area contributed by atoms with Gasteiger partial charge < -0.3 is 0 Å². The zero-order chi connectivity index (χ0) is 20.6. The second kappa shape index (κ2) is 7.36. The number of thioether (sulfide) groups is 1. The van der Waals surface area contributed by atoms with E-state index in [0.717, 1.165) is 28.8 Å². The molecule has 28 heavy (non-hydrogen) atoms. The van der Waals surface area contributed by atoms with E-state index in [9.17, 15) is 28.1 Å². The summed E-state index contributed by atoms with van der Waals surface area (Å²) in [5, 5.41) is 11.0. The highest BCUT2D eigenvalue weighted by molar-refractivity contribution is 8.27. The molecular weight excluding hydrogens is 413 g/mol. The largest absolute Gasteiger partial charge is 0.416 e. The summed E-state index contributed by atoms with van der Waals surface area (Å²) in [6.45, 7) is 1.73. The summed E-state index contributed by atoms with van der Waals surface area (Å²) in [7, 11) is 0. The number of amides is 1. The minimum Gasteiger partial charge on any atom is -0.268 e. The molecule has 3 rings (SSSR count). The van der Waals surface area contributed by atoms with Crippen molar-refractivity contribution in [3.8, 4) is 0 Å². The molecule has 0 bridgehead atoms.